The molecule has 0 N–H and O–H groups in total. The predicted molar refractivity (Wildman–Crippen MR) is 84.5 cm³/mol. The number of nitriles is 2. The smallest absolute Gasteiger partial charge is 0.324 e. The minimum atomic E-state index is -0.664. The van der Waals surface area contributed by atoms with Crippen LogP contribution in [0.2, 0.25) is 0 Å². The van der Waals surface area contributed by atoms with Gasteiger partial charge < -0.3 is 4.90 Å². The van der Waals surface area contributed by atoms with E-state index in [1.807, 2.05) is 12.1 Å². The molecule has 11 nitrogen and oxygen atoms in total. The topological polar surface area (TPSA) is 150 Å². The van der Waals surface area contributed by atoms with E-state index in [1.165, 1.54) is 9.58 Å². The summed E-state index contributed by atoms with van der Waals surface area (Å²) in [4.78, 5) is 20.1. The molecule has 122 valence electrons. The molecule has 0 aliphatic heterocycles. The number of anilines is 1. The van der Waals surface area contributed by atoms with Gasteiger partial charge in [-0.1, -0.05) is 17.3 Å². The summed E-state index contributed by atoms with van der Waals surface area (Å²) in [5, 5.41) is 37.4. The van der Waals surface area contributed by atoms with E-state index in [4.69, 9.17) is 10.5 Å². The summed E-state index contributed by atoms with van der Waals surface area (Å²) in [5.74, 6) is -0.220. The van der Waals surface area contributed by atoms with Crippen molar-refractivity contribution in [3.63, 3.8) is 0 Å². The molecule has 0 atom stereocenters. The standard InChI is InChI=1S/C14H9N9O2/c15-5-7-21(8-6-16)13-12(23(24)25)14(18-9-17-13)22-11-4-2-1-3-10(11)19-20-22/h1-4,9H,7-8H2. The van der Waals surface area contributed by atoms with E-state index < -0.39 is 10.6 Å². The van der Waals surface area contributed by atoms with Crippen LogP contribution in [-0.2, 0) is 0 Å². The molecule has 3 aromatic rings. The number of rotatable bonds is 5. The maximum absolute atomic E-state index is 11.7. The average molecular weight is 335 g/mol. The van der Waals surface area contributed by atoms with Gasteiger partial charge in [0.25, 0.3) is 0 Å². The lowest BCUT2D eigenvalue weighted by Crippen LogP contribution is -2.26. The fourth-order valence-electron chi connectivity index (χ4n) is 2.31. The zero-order chi connectivity index (χ0) is 17.8. The number of fused-ring (bicyclic) bond motifs is 1. The molecule has 0 spiro atoms. The Morgan fingerprint density at radius 1 is 1.20 bits per heavy atom. The molecule has 0 aliphatic rings. The first-order valence-electron chi connectivity index (χ1n) is 6.96. The van der Waals surface area contributed by atoms with Crippen LogP contribution >= 0.6 is 0 Å². The summed E-state index contributed by atoms with van der Waals surface area (Å²) in [5.41, 5.74) is 0.619. The van der Waals surface area contributed by atoms with E-state index in [0.717, 1.165) is 6.33 Å². The van der Waals surface area contributed by atoms with Crippen LogP contribution in [0, 0.1) is 32.8 Å². The van der Waals surface area contributed by atoms with Crippen LogP contribution in [0.4, 0.5) is 11.5 Å². The molecular weight excluding hydrogens is 326 g/mol. The highest BCUT2D eigenvalue weighted by atomic mass is 16.6. The van der Waals surface area contributed by atoms with Gasteiger partial charge in [0.1, 0.15) is 24.9 Å². The van der Waals surface area contributed by atoms with Gasteiger partial charge in [-0.25, -0.2) is 9.97 Å². The highest BCUT2D eigenvalue weighted by Gasteiger charge is 2.29. The number of aromatic nitrogens is 5. The van der Waals surface area contributed by atoms with Crippen LogP contribution < -0.4 is 4.90 Å². The van der Waals surface area contributed by atoms with Crippen LogP contribution in [0.1, 0.15) is 0 Å². The molecule has 0 unspecified atom stereocenters. The minimum Gasteiger partial charge on any atom is -0.324 e. The SMILES string of the molecule is N#CCN(CC#N)c1ncnc(-n2nnc3ccccc32)c1[N+](=O)[O-]. The van der Waals surface area contributed by atoms with E-state index in [2.05, 4.69) is 20.3 Å². The summed E-state index contributed by atoms with van der Waals surface area (Å²) in [6, 6.07) is 10.6. The Kier molecular flexibility index (Phi) is 4.13. The third-order valence-corrected chi connectivity index (χ3v) is 3.34. The van der Waals surface area contributed by atoms with Crippen LogP contribution in [0.3, 0.4) is 0 Å². The number of para-hydroxylation sites is 1. The van der Waals surface area contributed by atoms with Gasteiger partial charge in [0, 0.05) is 0 Å². The fourth-order valence-corrected chi connectivity index (χ4v) is 2.31. The van der Waals surface area contributed by atoms with Crippen molar-refractivity contribution in [2.75, 3.05) is 18.0 Å². The molecule has 0 saturated carbocycles. The molecule has 11 heteroatoms. The van der Waals surface area contributed by atoms with Crippen molar-refractivity contribution in [2.45, 2.75) is 0 Å². The Hall–Kier alpha value is -4.12. The molecule has 0 aliphatic carbocycles. The maximum Gasteiger partial charge on any atom is 0.355 e. The summed E-state index contributed by atoms with van der Waals surface area (Å²) in [6.07, 6.45) is 1.12. The van der Waals surface area contributed by atoms with Gasteiger partial charge in [0.05, 0.1) is 22.6 Å². The molecule has 0 radical (unpaired) electrons. The molecule has 0 amide bonds. The number of nitro groups is 1. The minimum absolute atomic E-state index is 0.0930. The second-order valence-electron chi connectivity index (χ2n) is 4.79. The van der Waals surface area contributed by atoms with Gasteiger partial charge >= 0.3 is 5.69 Å². The Morgan fingerprint density at radius 2 is 1.92 bits per heavy atom. The fraction of sp³-hybridized carbons (Fsp3) is 0.143. The largest absolute Gasteiger partial charge is 0.355 e. The van der Waals surface area contributed by atoms with Gasteiger partial charge in [0.15, 0.2) is 0 Å². The molecule has 2 heterocycles. The van der Waals surface area contributed by atoms with Gasteiger partial charge in [-0.15, -0.1) is 5.10 Å². The molecule has 0 fully saturated rings. The first-order valence-corrected chi connectivity index (χ1v) is 6.96. The van der Waals surface area contributed by atoms with E-state index >= 15 is 0 Å². The number of nitrogens with zero attached hydrogens (tertiary/aromatic N) is 9. The Morgan fingerprint density at radius 3 is 2.60 bits per heavy atom. The van der Waals surface area contributed by atoms with Crippen molar-refractivity contribution in [3.05, 3.63) is 40.7 Å². The van der Waals surface area contributed by atoms with Crippen molar-refractivity contribution >= 4 is 22.5 Å². The lowest BCUT2D eigenvalue weighted by molar-refractivity contribution is -0.384. The van der Waals surface area contributed by atoms with Gasteiger partial charge in [0.2, 0.25) is 11.6 Å². The average Bonchev–Trinajstić information content (AvgIpc) is 3.04. The Labute approximate surface area is 140 Å². The van der Waals surface area contributed by atoms with Crippen molar-refractivity contribution in [1.29, 1.82) is 10.5 Å². The predicted octanol–water partition coefficient (Wildman–Crippen LogP) is 0.972. The normalized spacial score (nSPS) is 10.2. The van der Waals surface area contributed by atoms with E-state index in [1.54, 1.807) is 24.3 Å². The molecule has 25 heavy (non-hydrogen) atoms. The third-order valence-electron chi connectivity index (χ3n) is 3.34. The highest BCUT2D eigenvalue weighted by Crippen LogP contribution is 2.31. The maximum atomic E-state index is 11.7. The Bertz CT molecular complexity index is 1010. The Balaban J connectivity index is 2.25. The number of benzene rings is 1. The van der Waals surface area contributed by atoms with E-state index in [0.29, 0.717) is 11.0 Å². The van der Waals surface area contributed by atoms with Crippen molar-refractivity contribution in [3.8, 4) is 18.0 Å². The van der Waals surface area contributed by atoms with Gasteiger partial charge in [-0.3, -0.25) is 10.1 Å². The van der Waals surface area contributed by atoms with Crippen LogP contribution in [-0.4, -0.2) is 43.0 Å². The second kappa shape index (κ2) is 6.55. The lowest BCUT2D eigenvalue weighted by atomic mass is 10.3. The quantitative estimate of drug-likeness (QED) is 0.377. The summed E-state index contributed by atoms with van der Waals surface area (Å²) >= 11 is 0. The number of hydrogen-bond acceptors (Lipinski definition) is 9. The molecule has 0 saturated heterocycles. The van der Waals surface area contributed by atoms with Crippen LogP contribution in [0.5, 0.6) is 0 Å². The summed E-state index contributed by atoms with van der Waals surface area (Å²) in [7, 11) is 0. The van der Waals surface area contributed by atoms with Crippen LogP contribution in [0.25, 0.3) is 16.9 Å². The van der Waals surface area contributed by atoms with E-state index in [9.17, 15) is 10.1 Å². The van der Waals surface area contributed by atoms with Gasteiger partial charge in [-0.05, 0) is 12.1 Å². The zero-order valence-corrected chi connectivity index (χ0v) is 12.6. The van der Waals surface area contributed by atoms with Crippen molar-refractivity contribution in [2.24, 2.45) is 0 Å². The van der Waals surface area contributed by atoms with Crippen molar-refractivity contribution in [1.82, 2.24) is 25.0 Å². The first-order chi connectivity index (χ1) is 12.2. The summed E-state index contributed by atoms with van der Waals surface area (Å²) < 4.78 is 1.23. The number of hydrogen-bond donors (Lipinski definition) is 0. The summed E-state index contributed by atoms with van der Waals surface area (Å²) in [6.45, 7) is -0.466. The monoisotopic (exact) mass is 335 g/mol. The highest BCUT2D eigenvalue weighted by molar-refractivity contribution is 5.78. The lowest BCUT2D eigenvalue weighted by Gasteiger charge is -2.17. The molecule has 0 bridgehead atoms. The zero-order valence-electron chi connectivity index (χ0n) is 12.6. The molecule has 2 aromatic heterocycles. The van der Waals surface area contributed by atoms with Crippen LogP contribution in [0.15, 0.2) is 30.6 Å². The molecule has 1 aromatic carbocycles. The second-order valence-corrected chi connectivity index (χ2v) is 4.79. The van der Waals surface area contributed by atoms with E-state index in [-0.39, 0.29) is 24.7 Å². The van der Waals surface area contributed by atoms with Gasteiger partial charge in [-0.2, -0.15) is 15.2 Å². The molecular formula is C14H9N9O2. The first kappa shape index (κ1) is 15.8. The molecule has 3 rings (SSSR count). The third kappa shape index (κ3) is 2.77. The van der Waals surface area contributed by atoms with Crippen molar-refractivity contribution < 1.29 is 4.92 Å².